The second-order valence-electron chi connectivity index (χ2n) is 4.51. The first-order valence-electron chi connectivity index (χ1n) is 4.42. The summed E-state index contributed by atoms with van der Waals surface area (Å²) in [5.41, 5.74) is 0.270. The van der Waals surface area contributed by atoms with E-state index < -0.39 is 0 Å². The van der Waals surface area contributed by atoms with Gasteiger partial charge in [-0.2, -0.15) is 0 Å². The molecule has 1 nitrogen and oxygen atoms in total. The maximum Gasteiger partial charge on any atom is 0.0125 e. The molecule has 0 saturated carbocycles. The van der Waals surface area contributed by atoms with Gasteiger partial charge in [0.25, 0.3) is 0 Å². The molecule has 0 aliphatic rings. The van der Waals surface area contributed by atoms with E-state index in [-0.39, 0.29) is 5.54 Å². The second kappa shape index (κ2) is 4.10. The zero-order chi connectivity index (χ0) is 9.07. The Bertz CT molecular complexity index is 99.9. The Morgan fingerprint density at radius 3 is 1.82 bits per heavy atom. The van der Waals surface area contributed by atoms with Crippen LogP contribution in [0.3, 0.4) is 0 Å². The first-order valence-corrected chi connectivity index (χ1v) is 4.42. The number of nitrogens with zero attached hydrogens (tertiary/aromatic N) is 1. The SMILES string of the molecule is [CH2]CN(CC(C)C)C(C)(C)C. The van der Waals surface area contributed by atoms with Crippen molar-refractivity contribution in [2.75, 3.05) is 13.1 Å². The highest BCUT2D eigenvalue weighted by Gasteiger charge is 2.19. The van der Waals surface area contributed by atoms with Gasteiger partial charge in [-0.3, -0.25) is 4.90 Å². The van der Waals surface area contributed by atoms with Crippen molar-refractivity contribution in [3.8, 4) is 0 Å². The van der Waals surface area contributed by atoms with Gasteiger partial charge in [-0.05, 0) is 40.2 Å². The fourth-order valence-corrected chi connectivity index (χ4v) is 1.14. The fourth-order valence-electron chi connectivity index (χ4n) is 1.14. The van der Waals surface area contributed by atoms with Crippen molar-refractivity contribution < 1.29 is 0 Å². The molecule has 0 spiro atoms. The molecule has 0 bridgehead atoms. The van der Waals surface area contributed by atoms with Crippen LogP contribution in [0.25, 0.3) is 0 Å². The third-order valence-electron chi connectivity index (χ3n) is 1.80. The maximum atomic E-state index is 3.93. The first-order chi connectivity index (χ1) is 4.88. The molecular formula is C10H22N. The third-order valence-corrected chi connectivity index (χ3v) is 1.80. The van der Waals surface area contributed by atoms with E-state index in [1.54, 1.807) is 0 Å². The molecule has 0 aromatic carbocycles. The molecule has 0 fully saturated rings. The normalized spacial score (nSPS) is 13.1. The van der Waals surface area contributed by atoms with Crippen LogP contribution < -0.4 is 0 Å². The van der Waals surface area contributed by atoms with Crippen LogP contribution in [0.2, 0.25) is 0 Å². The third kappa shape index (κ3) is 4.41. The summed E-state index contributed by atoms with van der Waals surface area (Å²) in [5, 5.41) is 0. The molecule has 0 rings (SSSR count). The monoisotopic (exact) mass is 156 g/mol. The van der Waals surface area contributed by atoms with Crippen molar-refractivity contribution in [3.05, 3.63) is 6.92 Å². The predicted molar refractivity (Wildman–Crippen MR) is 51.5 cm³/mol. The summed E-state index contributed by atoms with van der Waals surface area (Å²) in [5.74, 6) is 0.732. The van der Waals surface area contributed by atoms with E-state index in [0.29, 0.717) is 0 Å². The van der Waals surface area contributed by atoms with Crippen LogP contribution in [0.4, 0.5) is 0 Å². The number of hydrogen-bond acceptors (Lipinski definition) is 1. The molecule has 0 saturated heterocycles. The molecule has 11 heavy (non-hydrogen) atoms. The Labute approximate surface area is 71.8 Å². The highest BCUT2D eigenvalue weighted by Crippen LogP contribution is 2.14. The van der Waals surface area contributed by atoms with Gasteiger partial charge in [-0.1, -0.05) is 13.8 Å². The van der Waals surface area contributed by atoms with Crippen molar-refractivity contribution in [2.45, 2.75) is 40.2 Å². The van der Waals surface area contributed by atoms with Crippen molar-refractivity contribution in [2.24, 2.45) is 5.92 Å². The van der Waals surface area contributed by atoms with Crippen molar-refractivity contribution in [3.63, 3.8) is 0 Å². The van der Waals surface area contributed by atoms with Crippen LogP contribution >= 0.6 is 0 Å². The quantitative estimate of drug-likeness (QED) is 0.607. The Morgan fingerprint density at radius 2 is 1.73 bits per heavy atom. The van der Waals surface area contributed by atoms with Gasteiger partial charge in [0.1, 0.15) is 0 Å². The van der Waals surface area contributed by atoms with E-state index in [2.05, 4.69) is 46.4 Å². The lowest BCUT2D eigenvalue weighted by atomic mass is 10.0. The molecule has 0 N–H and O–H groups in total. The largest absolute Gasteiger partial charge is 0.298 e. The lowest BCUT2D eigenvalue weighted by molar-refractivity contribution is 0.135. The van der Waals surface area contributed by atoms with Crippen LogP contribution in [0, 0.1) is 12.8 Å². The van der Waals surface area contributed by atoms with E-state index in [4.69, 9.17) is 0 Å². The zero-order valence-corrected chi connectivity index (χ0v) is 8.65. The molecular weight excluding hydrogens is 134 g/mol. The second-order valence-corrected chi connectivity index (χ2v) is 4.51. The molecule has 1 radical (unpaired) electrons. The molecule has 0 unspecified atom stereocenters. The Kier molecular flexibility index (Phi) is 4.09. The topological polar surface area (TPSA) is 3.24 Å². The van der Waals surface area contributed by atoms with Gasteiger partial charge in [0.15, 0.2) is 0 Å². The summed E-state index contributed by atoms with van der Waals surface area (Å²) < 4.78 is 0. The van der Waals surface area contributed by atoms with Crippen LogP contribution in [-0.2, 0) is 0 Å². The van der Waals surface area contributed by atoms with Gasteiger partial charge >= 0.3 is 0 Å². The summed E-state index contributed by atoms with van der Waals surface area (Å²) in [6, 6.07) is 0. The fraction of sp³-hybridized carbons (Fsp3) is 0.900. The van der Waals surface area contributed by atoms with Crippen LogP contribution in [0.5, 0.6) is 0 Å². The molecule has 0 aliphatic heterocycles. The molecule has 67 valence electrons. The van der Waals surface area contributed by atoms with E-state index in [1.807, 2.05) is 0 Å². The zero-order valence-electron chi connectivity index (χ0n) is 8.65. The molecule has 0 amide bonds. The minimum Gasteiger partial charge on any atom is -0.298 e. The van der Waals surface area contributed by atoms with Crippen molar-refractivity contribution in [1.29, 1.82) is 0 Å². The molecule has 0 aromatic rings. The average molecular weight is 156 g/mol. The van der Waals surface area contributed by atoms with E-state index in [0.717, 1.165) is 19.0 Å². The molecule has 0 heterocycles. The minimum absolute atomic E-state index is 0.270. The molecule has 0 aromatic heterocycles. The Hall–Kier alpha value is -0.0400. The standard InChI is InChI=1S/C10H22N/c1-7-11(8-9(2)3)10(4,5)6/h9H,1,7-8H2,2-6H3. The highest BCUT2D eigenvalue weighted by molar-refractivity contribution is 4.77. The molecule has 0 aliphatic carbocycles. The van der Waals surface area contributed by atoms with E-state index >= 15 is 0 Å². The van der Waals surface area contributed by atoms with Gasteiger partial charge in [-0.15, -0.1) is 0 Å². The van der Waals surface area contributed by atoms with E-state index in [9.17, 15) is 0 Å². The first kappa shape index (κ1) is 11.0. The average Bonchev–Trinajstić information content (AvgIpc) is 1.79. The van der Waals surface area contributed by atoms with Crippen LogP contribution in [0.15, 0.2) is 0 Å². The van der Waals surface area contributed by atoms with Gasteiger partial charge in [-0.25, -0.2) is 0 Å². The van der Waals surface area contributed by atoms with Gasteiger partial charge in [0.2, 0.25) is 0 Å². The summed E-state index contributed by atoms with van der Waals surface area (Å²) in [6.07, 6.45) is 0. The van der Waals surface area contributed by atoms with Crippen molar-refractivity contribution >= 4 is 0 Å². The van der Waals surface area contributed by atoms with Crippen LogP contribution in [-0.4, -0.2) is 23.5 Å². The van der Waals surface area contributed by atoms with E-state index in [1.165, 1.54) is 0 Å². The Balaban J connectivity index is 3.96. The van der Waals surface area contributed by atoms with Gasteiger partial charge < -0.3 is 0 Å². The molecule has 0 atom stereocenters. The summed E-state index contributed by atoms with van der Waals surface area (Å²) in [6.45, 7) is 17.2. The smallest absolute Gasteiger partial charge is 0.0125 e. The van der Waals surface area contributed by atoms with Gasteiger partial charge in [0, 0.05) is 12.1 Å². The van der Waals surface area contributed by atoms with Gasteiger partial charge in [0.05, 0.1) is 0 Å². The highest BCUT2D eigenvalue weighted by atomic mass is 15.2. The number of hydrogen-bond donors (Lipinski definition) is 0. The minimum atomic E-state index is 0.270. The lowest BCUT2D eigenvalue weighted by Crippen LogP contribution is -2.43. The van der Waals surface area contributed by atoms with Crippen LogP contribution in [0.1, 0.15) is 34.6 Å². The lowest BCUT2D eigenvalue weighted by Gasteiger charge is -2.35. The number of rotatable bonds is 3. The summed E-state index contributed by atoms with van der Waals surface area (Å²) in [7, 11) is 0. The van der Waals surface area contributed by atoms with Crippen molar-refractivity contribution in [1.82, 2.24) is 4.90 Å². The maximum absolute atomic E-state index is 3.93. The Morgan fingerprint density at radius 1 is 1.27 bits per heavy atom. The summed E-state index contributed by atoms with van der Waals surface area (Å²) >= 11 is 0. The molecule has 1 heteroatoms. The predicted octanol–water partition coefficient (Wildman–Crippen LogP) is 2.58. The summed E-state index contributed by atoms with van der Waals surface area (Å²) in [4.78, 5) is 2.40.